The van der Waals surface area contributed by atoms with Crippen LogP contribution in [-0.2, 0) is 22.5 Å². The summed E-state index contributed by atoms with van der Waals surface area (Å²) in [6.07, 6.45) is 0.375. The number of methoxy groups -OCH3 is 1. The van der Waals surface area contributed by atoms with Crippen molar-refractivity contribution in [1.29, 1.82) is 0 Å². The molecule has 0 aromatic heterocycles. The summed E-state index contributed by atoms with van der Waals surface area (Å²) >= 11 is 0. The molecule has 0 saturated carbocycles. The van der Waals surface area contributed by atoms with Crippen LogP contribution in [0.5, 0.6) is 5.75 Å². The molecule has 6 heteroatoms. The molecule has 0 saturated heterocycles. The van der Waals surface area contributed by atoms with Crippen molar-refractivity contribution in [2.45, 2.75) is 19.0 Å². The lowest BCUT2D eigenvalue weighted by atomic mass is 10.00. The second kappa shape index (κ2) is 15.2. The Bertz CT molecular complexity index is 1620. The molecular weight excluding hydrogens is 548 g/mol. The molecule has 1 atom stereocenters. The summed E-state index contributed by atoms with van der Waals surface area (Å²) in [4.78, 5) is 28.3. The zero-order valence-electron chi connectivity index (χ0n) is 24.8. The average Bonchev–Trinajstić information content (AvgIpc) is 3.09. The van der Waals surface area contributed by atoms with Crippen LogP contribution in [0.15, 0.2) is 140 Å². The van der Waals surface area contributed by atoms with Crippen molar-refractivity contribution in [3.05, 3.63) is 162 Å². The zero-order valence-corrected chi connectivity index (χ0v) is 24.8. The van der Waals surface area contributed by atoms with Crippen molar-refractivity contribution in [3.63, 3.8) is 0 Å². The molecule has 0 heterocycles. The van der Waals surface area contributed by atoms with Crippen molar-refractivity contribution < 1.29 is 19.1 Å². The number of hydrogen-bond acceptors (Lipinski definition) is 6. The molecule has 0 radical (unpaired) electrons. The molecule has 5 rings (SSSR count). The van der Waals surface area contributed by atoms with Gasteiger partial charge < -0.3 is 19.7 Å². The molecule has 0 aliphatic heterocycles. The number of esters is 1. The van der Waals surface area contributed by atoms with Gasteiger partial charge in [-0.2, -0.15) is 0 Å². The van der Waals surface area contributed by atoms with E-state index in [-0.39, 0.29) is 5.78 Å². The maximum atomic E-state index is 13.2. The van der Waals surface area contributed by atoms with E-state index in [0.29, 0.717) is 29.8 Å². The Morgan fingerprint density at radius 1 is 0.705 bits per heavy atom. The van der Waals surface area contributed by atoms with Crippen LogP contribution in [0.4, 0.5) is 11.4 Å². The summed E-state index contributed by atoms with van der Waals surface area (Å²) in [5.74, 6) is 0.225. The number of carbonyl (C=O) groups is 2. The summed E-state index contributed by atoms with van der Waals surface area (Å²) < 4.78 is 11.2. The molecule has 0 amide bonds. The van der Waals surface area contributed by atoms with Gasteiger partial charge in [0.25, 0.3) is 0 Å². The molecule has 1 N–H and O–H groups in total. The molecule has 0 unspecified atom stereocenters. The van der Waals surface area contributed by atoms with Crippen LogP contribution < -0.4 is 15.0 Å². The van der Waals surface area contributed by atoms with Gasteiger partial charge in [0.05, 0.1) is 13.7 Å². The second-order valence-electron chi connectivity index (χ2n) is 10.4. The van der Waals surface area contributed by atoms with Crippen molar-refractivity contribution >= 4 is 23.1 Å². The predicted molar refractivity (Wildman–Crippen MR) is 175 cm³/mol. The first-order valence-electron chi connectivity index (χ1n) is 14.7. The Balaban J connectivity index is 1.22. The van der Waals surface area contributed by atoms with Crippen LogP contribution in [0, 0.1) is 0 Å². The number of benzene rings is 5. The van der Waals surface area contributed by atoms with Crippen LogP contribution in [-0.4, -0.2) is 38.1 Å². The van der Waals surface area contributed by atoms with Crippen LogP contribution in [0.1, 0.15) is 27.0 Å². The van der Waals surface area contributed by atoms with Gasteiger partial charge in [-0.1, -0.05) is 103 Å². The highest BCUT2D eigenvalue weighted by atomic mass is 16.5. The molecule has 0 fully saturated rings. The van der Waals surface area contributed by atoms with Gasteiger partial charge >= 0.3 is 5.97 Å². The summed E-state index contributed by atoms with van der Waals surface area (Å²) in [5, 5.41) is 3.26. The third-order valence-electron chi connectivity index (χ3n) is 7.35. The topological polar surface area (TPSA) is 67.9 Å². The normalized spacial score (nSPS) is 11.3. The van der Waals surface area contributed by atoms with Gasteiger partial charge in [-0.15, -0.1) is 0 Å². The number of carbonyl (C=O) groups excluding carboxylic acids is 2. The lowest BCUT2D eigenvalue weighted by Gasteiger charge is -2.25. The summed E-state index contributed by atoms with van der Waals surface area (Å²) in [5.41, 5.74) is 4.97. The Kier molecular flexibility index (Phi) is 10.4. The number of nitrogens with zero attached hydrogens (tertiary/aromatic N) is 1. The fraction of sp³-hybridized carbons (Fsp3) is 0.158. The highest BCUT2D eigenvalue weighted by molar-refractivity contribution is 6.12. The fourth-order valence-corrected chi connectivity index (χ4v) is 5.05. The third kappa shape index (κ3) is 8.13. The van der Waals surface area contributed by atoms with E-state index in [1.165, 1.54) is 12.7 Å². The van der Waals surface area contributed by atoms with E-state index in [4.69, 9.17) is 9.47 Å². The molecule has 0 aliphatic rings. The smallest absolute Gasteiger partial charge is 0.328 e. The molecule has 0 spiro atoms. The van der Waals surface area contributed by atoms with Crippen molar-refractivity contribution in [1.82, 2.24) is 0 Å². The van der Waals surface area contributed by atoms with E-state index in [1.807, 2.05) is 78.9 Å². The fourth-order valence-electron chi connectivity index (χ4n) is 5.05. The van der Waals surface area contributed by atoms with Crippen molar-refractivity contribution in [2.24, 2.45) is 0 Å². The van der Waals surface area contributed by atoms with Crippen molar-refractivity contribution in [2.75, 3.05) is 30.5 Å². The van der Waals surface area contributed by atoms with E-state index in [1.54, 1.807) is 24.3 Å². The number of rotatable bonds is 14. The number of para-hydroxylation sites is 2. The van der Waals surface area contributed by atoms with Gasteiger partial charge in [-0.3, -0.25) is 4.79 Å². The summed E-state index contributed by atoms with van der Waals surface area (Å²) in [7, 11) is 1.37. The summed E-state index contributed by atoms with van der Waals surface area (Å²) in [6.45, 7) is 2.02. The predicted octanol–water partition coefficient (Wildman–Crippen LogP) is 7.20. The van der Waals surface area contributed by atoms with Gasteiger partial charge in [0.1, 0.15) is 18.4 Å². The van der Waals surface area contributed by atoms with E-state index in [2.05, 4.69) is 46.6 Å². The van der Waals surface area contributed by atoms with E-state index < -0.39 is 12.0 Å². The largest absolute Gasteiger partial charge is 0.492 e. The maximum absolute atomic E-state index is 13.2. The van der Waals surface area contributed by atoms with Crippen LogP contribution >= 0.6 is 0 Å². The number of nitrogens with one attached hydrogen (secondary N) is 1. The number of hydrogen-bond donors (Lipinski definition) is 1. The molecule has 6 nitrogen and oxygen atoms in total. The Morgan fingerprint density at radius 3 is 2.00 bits per heavy atom. The first-order chi connectivity index (χ1) is 21.6. The molecular formula is C38H36N2O4. The van der Waals surface area contributed by atoms with Gasteiger partial charge in [0.2, 0.25) is 0 Å². The second-order valence-corrected chi connectivity index (χ2v) is 10.4. The Morgan fingerprint density at radius 2 is 1.32 bits per heavy atom. The number of anilines is 2. The Hall–Kier alpha value is -5.36. The van der Waals surface area contributed by atoms with E-state index >= 15 is 0 Å². The minimum atomic E-state index is -0.686. The molecule has 0 bridgehead atoms. The average molecular weight is 585 g/mol. The highest BCUT2D eigenvalue weighted by Crippen LogP contribution is 2.23. The minimum Gasteiger partial charge on any atom is -0.492 e. The molecule has 222 valence electrons. The van der Waals surface area contributed by atoms with Gasteiger partial charge in [0, 0.05) is 35.5 Å². The van der Waals surface area contributed by atoms with Gasteiger partial charge in [-0.05, 0) is 47.5 Å². The summed E-state index contributed by atoms with van der Waals surface area (Å²) in [6, 6.07) is 44.1. The quantitative estimate of drug-likeness (QED) is 0.110. The zero-order chi connectivity index (χ0) is 30.6. The first-order valence-corrected chi connectivity index (χ1v) is 14.7. The van der Waals surface area contributed by atoms with Gasteiger partial charge in [0.15, 0.2) is 5.78 Å². The number of ether oxygens (including phenoxy) is 2. The SMILES string of the molecule is COC(=O)[C@@H](Cc1ccc(OCCN(Cc2ccccc2)c2ccccc2)cc1)Nc1ccccc1C(=O)c1ccccc1. The highest BCUT2D eigenvalue weighted by Gasteiger charge is 2.22. The minimum absolute atomic E-state index is 0.117. The molecule has 44 heavy (non-hydrogen) atoms. The van der Waals surface area contributed by atoms with Crippen molar-refractivity contribution in [3.8, 4) is 5.75 Å². The molecule has 0 aliphatic carbocycles. The standard InChI is InChI=1S/C38H36N2O4/c1-43-38(42)36(39-35-20-12-11-19-34(35)37(41)31-15-7-3-8-16-31)27-29-21-23-33(24-22-29)44-26-25-40(32-17-9-4-10-18-32)28-30-13-5-2-6-14-30/h2-24,36,39H,25-28H2,1H3/t36-/m1/s1. The first kappa shape index (κ1) is 30.1. The van der Waals surface area contributed by atoms with E-state index in [0.717, 1.165) is 30.1 Å². The lowest BCUT2D eigenvalue weighted by molar-refractivity contribution is -0.141. The Labute approximate surface area is 258 Å². The lowest BCUT2D eigenvalue weighted by Crippen LogP contribution is -2.33. The maximum Gasteiger partial charge on any atom is 0.328 e. The van der Waals surface area contributed by atoms with Gasteiger partial charge in [-0.25, -0.2) is 4.79 Å². The molecule has 5 aromatic rings. The monoisotopic (exact) mass is 584 g/mol. The van der Waals surface area contributed by atoms with Crippen LogP contribution in [0.25, 0.3) is 0 Å². The third-order valence-corrected chi connectivity index (χ3v) is 7.35. The molecule has 5 aromatic carbocycles. The van der Waals surface area contributed by atoms with Crippen LogP contribution in [0.2, 0.25) is 0 Å². The van der Waals surface area contributed by atoms with E-state index in [9.17, 15) is 9.59 Å². The number of ketones is 1. The van der Waals surface area contributed by atoms with Crippen LogP contribution in [0.3, 0.4) is 0 Å².